The number of nitrogens with one attached hydrogen (secondary N) is 2. The molecule has 0 heterocycles. The zero-order valence-electron chi connectivity index (χ0n) is 8.32. The Labute approximate surface area is 84.8 Å². The summed E-state index contributed by atoms with van der Waals surface area (Å²) >= 11 is 0. The van der Waals surface area contributed by atoms with Crippen molar-refractivity contribution in [2.45, 2.75) is 12.8 Å². The van der Waals surface area contributed by atoms with Crippen LogP contribution in [0.2, 0.25) is 0 Å². The van der Waals surface area contributed by atoms with Gasteiger partial charge < -0.3 is 9.84 Å². The minimum absolute atomic E-state index is 0.0822. The molecule has 0 atom stereocenters. The molecule has 0 aromatic heterocycles. The molecule has 86 valence electrons. The molecule has 0 bridgehead atoms. The van der Waals surface area contributed by atoms with E-state index in [9.17, 15) is 8.42 Å². The third-order valence-corrected chi connectivity index (χ3v) is 2.64. The van der Waals surface area contributed by atoms with Crippen LogP contribution in [0.4, 0.5) is 0 Å². The molecule has 0 aliphatic carbocycles. The van der Waals surface area contributed by atoms with Gasteiger partial charge in [0.05, 0.1) is 6.61 Å². The minimum atomic E-state index is -3.40. The molecule has 0 rings (SSSR count). The molecule has 0 aliphatic heterocycles. The zero-order valence-corrected chi connectivity index (χ0v) is 9.14. The Hall–Kier alpha value is -0.210. The fourth-order valence-electron chi connectivity index (χ4n) is 0.772. The summed E-state index contributed by atoms with van der Waals surface area (Å²) in [6.07, 6.45) is 1.22. The van der Waals surface area contributed by atoms with Crippen LogP contribution in [0, 0.1) is 0 Å². The predicted molar refractivity (Wildman–Crippen MR) is 53.1 cm³/mol. The lowest BCUT2D eigenvalue weighted by Crippen LogP contribution is -2.38. The topological polar surface area (TPSA) is 87.7 Å². The monoisotopic (exact) mass is 226 g/mol. The van der Waals surface area contributed by atoms with E-state index in [1.165, 1.54) is 7.11 Å². The Bertz CT molecular complexity index is 218. The highest BCUT2D eigenvalue weighted by molar-refractivity contribution is 7.87. The SMILES string of the molecule is COCCNS(=O)(=O)NCCCCO. The Balaban J connectivity index is 3.52. The quantitative estimate of drug-likeness (QED) is 0.432. The molecule has 14 heavy (non-hydrogen) atoms. The third-order valence-electron chi connectivity index (χ3n) is 1.48. The maximum Gasteiger partial charge on any atom is 0.276 e. The molecule has 0 aromatic rings. The molecule has 0 fully saturated rings. The summed E-state index contributed by atoms with van der Waals surface area (Å²) in [7, 11) is -1.89. The second-order valence-corrected chi connectivity index (χ2v) is 4.30. The maximum atomic E-state index is 11.1. The van der Waals surface area contributed by atoms with Crippen molar-refractivity contribution in [1.82, 2.24) is 9.44 Å². The van der Waals surface area contributed by atoms with Crippen molar-refractivity contribution in [1.29, 1.82) is 0 Å². The van der Waals surface area contributed by atoms with E-state index < -0.39 is 10.2 Å². The van der Waals surface area contributed by atoms with Crippen molar-refractivity contribution < 1.29 is 18.3 Å². The summed E-state index contributed by atoms with van der Waals surface area (Å²) in [5, 5.41) is 8.46. The van der Waals surface area contributed by atoms with Crippen LogP contribution in [0.25, 0.3) is 0 Å². The van der Waals surface area contributed by atoms with Gasteiger partial charge in [-0.05, 0) is 12.8 Å². The van der Waals surface area contributed by atoms with Gasteiger partial charge in [-0.25, -0.2) is 4.72 Å². The first kappa shape index (κ1) is 13.8. The molecule has 0 aromatic carbocycles. The van der Waals surface area contributed by atoms with Crippen LogP contribution >= 0.6 is 0 Å². The standard InChI is InChI=1S/C7H18N2O4S/c1-13-7-5-9-14(11,12)8-4-2-3-6-10/h8-10H,2-7H2,1H3. The normalized spacial score (nSPS) is 11.9. The van der Waals surface area contributed by atoms with E-state index in [2.05, 4.69) is 9.44 Å². The first-order valence-electron chi connectivity index (χ1n) is 4.46. The van der Waals surface area contributed by atoms with Gasteiger partial charge in [-0.2, -0.15) is 13.1 Å². The number of rotatable bonds is 9. The van der Waals surface area contributed by atoms with Gasteiger partial charge in [0.1, 0.15) is 0 Å². The molecule has 0 amide bonds. The number of unbranched alkanes of at least 4 members (excludes halogenated alkanes) is 1. The van der Waals surface area contributed by atoms with Crippen molar-refractivity contribution >= 4 is 10.2 Å². The fourth-order valence-corrected chi connectivity index (χ4v) is 1.64. The Morgan fingerprint density at radius 2 is 1.86 bits per heavy atom. The van der Waals surface area contributed by atoms with Crippen LogP contribution in [-0.2, 0) is 14.9 Å². The largest absolute Gasteiger partial charge is 0.396 e. The third kappa shape index (κ3) is 8.39. The van der Waals surface area contributed by atoms with Gasteiger partial charge in [-0.15, -0.1) is 0 Å². The summed E-state index contributed by atoms with van der Waals surface area (Å²) < 4.78 is 31.6. The van der Waals surface area contributed by atoms with Crippen molar-refractivity contribution in [3.8, 4) is 0 Å². The number of ether oxygens (including phenoxy) is 1. The molecule has 3 N–H and O–H groups in total. The van der Waals surface area contributed by atoms with Gasteiger partial charge in [-0.3, -0.25) is 0 Å². The molecule has 0 saturated carbocycles. The highest BCUT2D eigenvalue weighted by Gasteiger charge is 2.06. The number of aliphatic hydroxyl groups is 1. The minimum Gasteiger partial charge on any atom is -0.396 e. The second-order valence-electron chi connectivity index (χ2n) is 2.72. The Morgan fingerprint density at radius 3 is 2.43 bits per heavy atom. The van der Waals surface area contributed by atoms with Crippen LogP contribution in [0.5, 0.6) is 0 Å². The Kier molecular flexibility index (Phi) is 8.01. The summed E-state index contributed by atoms with van der Waals surface area (Å²) in [6, 6.07) is 0. The average molecular weight is 226 g/mol. The molecule has 0 spiro atoms. The molecule has 0 unspecified atom stereocenters. The van der Waals surface area contributed by atoms with Crippen LogP contribution in [0.1, 0.15) is 12.8 Å². The Morgan fingerprint density at radius 1 is 1.21 bits per heavy atom. The molecular weight excluding hydrogens is 208 g/mol. The van der Waals surface area contributed by atoms with Crippen molar-refractivity contribution in [2.75, 3.05) is 33.4 Å². The lowest BCUT2D eigenvalue weighted by molar-refractivity contribution is 0.204. The first-order chi connectivity index (χ1) is 6.62. The summed E-state index contributed by atoms with van der Waals surface area (Å²) in [6.45, 7) is 1.02. The van der Waals surface area contributed by atoms with Gasteiger partial charge >= 0.3 is 0 Å². The summed E-state index contributed by atoms with van der Waals surface area (Å²) in [5.41, 5.74) is 0. The highest BCUT2D eigenvalue weighted by atomic mass is 32.2. The lowest BCUT2D eigenvalue weighted by Gasteiger charge is -2.06. The van der Waals surface area contributed by atoms with E-state index in [0.29, 0.717) is 26.0 Å². The average Bonchev–Trinajstić information content (AvgIpc) is 2.13. The van der Waals surface area contributed by atoms with E-state index in [4.69, 9.17) is 9.84 Å². The van der Waals surface area contributed by atoms with Crippen LogP contribution < -0.4 is 9.44 Å². The number of hydrogen-bond acceptors (Lipinski definition) is 4. The van der Waals surface area contributed by atoms with E-state index in [0.717, 1.165) is 0 Å². The van der Waals surface area contributed by atoms with Gasteiger partial charge in [0.2, 0.25) is 0 Å². The number of hydrogen-bond donors (Lipinski definition) is 3. The summed E-state index contributed by atoms with van der Waals surface area (Å²) in [4.78, 5) is 0. The first-order valence-corrected chi connectivity index (χ1v) is 5.95. The van der Waals surface area contributed by atoms with E-state index in [1.54, 1.807) is 0 Å². The van der Waals surface area contributed by atoms with Crippen LogP contribution in [0.15, 0.2) is 0 Å². The van der Waals surface area contributed by atoms with Crippen molar-refractivity contribution in [2.24, 2.45) is 0 Å². The highest BCUT2D eigenvalue weighted by Crippen LogP contribution is 1.85. The molecule has 0 saturated heterocycles. The maximum absolute atomic E-state index is 11.1. The number of aliphatic hydroxyl groups excluding tert-OH is 1. The number of methoxy groups -OCH3 is 1. The molecule has 0 aliphatic rings. The molecule has 7 heteroatoms. The summed E-state index contributed by atoms with van der Waals surface area (Å²) in [5.74, 6) is 0. The molecular formula is C7H18N2O4S. The molecule has 6 nitrogen and oxygen atoms in total. The fraction of sp³-hybridized carbons (Fsp3) is 1.00. The smallest absolute Gasteiger partial charge is 0.276 e. The van der Waals surface area contributed by atoms with Crippen LogP contribution in [0.3, 0.4) is 0 Å². The van der Waals surface area contributed by atoms with Gasteiger partial charge in [0, 0.05) is 26.8 Å². The van der Waals surface area contributed by atoms with Crippen molar-refractivity contribution in [3.05, 3.63) is 0 Å². The van der Waals surface area contributed by atoms with Crippen molar-refractivity contribution in [3.63, 3.8) is 0 Å². The lowest BCUT2D eigenvalue weighted by atomic mass is 10.3. The van der Waals surface area contributed by atoms with E-state index in [1.807, 2.05) is 0 Å². The van der Waals surface area contributed by atoms with E-state index >= 15 is 0 Å². The second kappa shape index (κ2) is 8.13. The van der Waals surface area contributed by atoms with Gasteiger partial charge in [-0.1, -0.05) is 0 Å². The van der Waals surface area contributed by atoms with Crippen LogP contribution in [-0.4, -0.2) is 46.9 Å². The predicted octanol–water partition coefficient (Wildman–Crippen LogP) is -1.17. The molecule has 0 radical (unpaired) electrons. The van der Waals surface area contributed by atoms with Gasteiger partial charge in [0.25, 0.3) is 10.2 Å². The van der Waals surface area contributed by atoms with Gasteiger partial charge in [0.15, 0.2) is 0 Å². The van der Waals surface area contributed by atoms with E-state index in [-0.39, 0.29) is 13.2 Å². The zero-order chi connectivity index (χ0) is 10.9.